The van der Waals surface area contributed by atoms with Crippen molar-refractivity contribution >= 4 is 34.3 Å². The maximum Gasteiger partial charge on any atom is 0.310 e. The van der Waals surface area contributed by atoms with Crippen molar-refractivity contribution in [3.8, 4) is 0 Å². The summed E-state index contributed by atoms with van der Waals surface area (Å²) in [4.78, 5) is 14.9. The lowest BCUT2D eigenvalue weighted by Gasteiger charge is -2.19. The van der Waals surface area contributed by atoms with Gasteiger partial charge in [0.05, 0.1) is 22.9 Å². The van der Waals surface area contributed by atoms with Crippen LogP contribution in [0.4, 0.5) is 0 Å². The predicted octanol–water partition coefficient (Wildman–Crippen LogP) is 4.39. The fourth-order valence-corrected chi connectivity index (χ4v) is 4.04. The molecule has 0 saturated heterocycles. The molecule has 0 unspecified atom stereocenters. The highest BCUT2D eigenvalue weighted by atomic mass is 32.1. The van der Waals surface area contributed by atoms with Gasteiger partial charge in [0.25, 0.3) is 0 Å². The first-order chi connectivity index (χ1) is 10.8. The minimum atomic E-state index is -0.199. The first-order valence-electron chi connectivity index (χ1n) is 6.85. The number of carbonyl (C=O) groups is 1. The van der Waals surface area contributed by atoms with Crippen molar-refractivity contribution in [2.24, 2.45) is 5.10 Å². The summed E-state index contributed by atoms with van der Waals surface area (Å²) in [5, 5.41) is 10.2. The van der Waals surface area contributed by atoms with Crippen molar-refractivity contribution in [1.29, 1.82) is 0 Å². The molecule has 1 aliphatic rings. The topological polar surface area (TPSA) is 45.8 Å². The third kappa shape index (κ3) is 2.30. The number of nitrogens with zero attached hydrogens (tertiary/aromatic N) is 2. The molecule has 0 aliphatic carbocycles. The van der Waals surface area contributed by atoms with Crippen LogP contribution in [0.15, 0.2) is 62.9 Å². The zero-order valence-electron chi connectivity index (χ0n) is 11.5. The van der Waals surface area contributed by atoms with Gasteiger partial charge in [0, 0.05) is 11.3 Å². The molecule has 1 aliphatic heterocycles. The van der Waals surface area contributed by atoms with E-state index in [0.717, 1.165) is 21.9 Å². The first kappa shape index (κ1) is 13.5. The lowest BCUT2D eigenvalue weighted by molar-refractivity contribution is 0.0681. The van der Waals surface area contributed by atoms with Crippen LogP contribution in [0.2, 0.25) is 0 Å². The van der Waals surface area contributed by atoms with Crippen LogP contribution in [0.5, 0.6) is 0 Å². The number of hydrogen-bond acceptors (Lipinski definition) is 5. The SMILES string of the molecule is O=C(c1ccco1)N1N=C(c2cccs2)C[C@@H]1c1cccs1. The number of amides is 1. The molecule has 110 valence electrons. The molecule has 4 heterocycles. The van der Waals surface area contributed by atoms with Crippen molar-refractivity contribution in [3.63, 3.8) is 0 Å². The molecule has 0 bridgehead atoms. The molecule has 4 nitrogen and oxygen atoms in total. The van der Waals surface area contributed by atoms with Gasteiger partial charge in [-0.25, -0.2) is 5.01 Å². The third-order valence-electron chi connectivity index (χ3n) is 3.53. The average molecular weight is 328 g/mol. The average Bonchev–Trinajstić information content (AvgIpc) is 3.35. The zero-order chi connectivity index (χ0) is 14.9. The van der Waals surface area contributed by atoms with Crippen molar-refractivity contribution in [2.75, 3.05) is 0 Å². The lowest BCUT2D eigenvalue weighted by atomic mass is 10.1. The Balaban J connectivity index is 1.71. The van der Waals surface area contributed by atoms with E-state index in [1.165, 1.54) is 6.26 Å². The van der Waals surface area contributed by atoms with E-state index >= 15 is 0 Å². The van der Waals surface area contributed by atoms with Gasteiger partial charge in [0.2, 0.25) is 0 Å². The van der Waals surface area contributed by atoms with E-state index in [9.17, 15) is 4.79 Å². The largest absolute Gasteiger partial charge is 0.459 e. The quantitative estimate of drug-likeness (QED) is 0.715. The second-order valence-electron chi connectivity index (χ2n) is 4.89. The number of thiophene rings is 2. The molecule has 0 saturated carbocycles. The summed E-state index contributed by atoms with van der Waals surface area (Å²) in [5.41, 5.74) is 0.952. The highest BCUT2D eigenvalue weighted by molar-refractivity contribution is 7.12. The second kappa shape index (κ2) is 5.55. The molecule has 22 heavy (non-hydrogen) atoms. The second-order valence-corrected chi connectivity index (χ2v) is 6.81. The number of hydrogen-bond donors (Lipinski definition) is 0. The summed E-state index contributed by atoms with van der Waals surface area (Å²) >= 11 is 3.29. The van der Waals surface area contributed by atoms with E-state index in [2.05, 4.69) is 5.10 Å². The molecule has 1 amide bonds. The monoisotopic (exact) mass is 328 g/mol. The maximum atomic E-state index is 12.7. The number of furan rings is 1. The summed E-state index contributed by atoms with van der Waals surface area (Å²) in [5.74, 6) is 0.118. The Morgan fingerprint density at radius 3 is 2.73 bits per heavy atom. The van der Waals surface area contributed by atoms with Crippen LogP contribution in [0, 0.1) is 0 Å². The number of carbonyl (C=O) groups excluding carboxylic acids is 1. The Morgan fingerprint density at radius 1 is 1.18 bits per heavy atom. The highest BCUT2D eigenvalue weighted by Crippen LogP contribution is 2.36. The van der Waals surface area contributed by atoms with Crippen molar-refractivity contribution in [2.45, 2.75) is 12.5 Å². The van der Waals surface area contributed by atoms with Gasteiger partial charge in [0.15, 0.2) is 5.76 Å². The standard InChI is InChI=1S/C16H12N2O2S2/c19-16(13-4-1-7-20-13)18-12(15-6-3-9-22-15)10-11(17-18)14-5-2-8-21-14/h1-9,12H,10H2/t12-/m1/s1. The van der Waals surface area contributed by atoms with Crippen LogP contribution in [-0.4, -0.2) is 16.6 Å². The van der Waals surface area contributed by atoms with E-state index in [4.69, 9.17) is 4.42 Å². The zero-order valence-corrected chi connectivity index (χ0v) is 13.1. The van der Waals surface area contributed by atoms with E-state index in [1.807, 2.05) is 35.0 Å². The van der Waals surface area contributed by atoms with Gasteiger partial charge in [-0.05, 0) is 35.0 Å². The first-order valence-corrected chi connectivity index (χ1v) is 8.60. The highest BCUT2D eigenvalue weighted by Gasteiger charge is 2.35. The van der Waals surface area contributed by atoms with Crippen LogP contribution in [0.3, 0.4) is 0 Å². The van der Waals surface area contributed by atoms with Crippen LogP contribution >= 0.6 is 22.7 Å². The molecule has 3 aromatic heterocycles. The molecule has 0 aromatic carbocycles. The summed E-state index contributed by atoms with van der Waals surface area (Å²) in [7, 11) is 0. The Bertz CT molecular complexity index is 789. The van der Waals surface area contributed by atoms with E-state index in [1.54, 1.807) is 39.8 Å². The van der Waals surface area contributed by atoms with E-state index in [-0.39, 0.29) is 11.9 Å². The lowest BCUT2D eigenvalue weighted by Crippen LogP contribution is -2.26. The summed E-state index contributed by atoms with van der Waals surface area (Å²) in [6, 6.07) is 11.4. The maximum absolute atomic E-state index is 12.7. The molecular weight excluding hydrogens is 316 g/mol. The predicted molar refractivity (Wildman–Crippen MR) is 87.4 cm³/mol. The number of rotatable bonds is 3. The van der Waals surface area contributed by atoms with Crippen molar-refractivity contribution < 1.29 is 9.21 Å². The molecule has 0 fully saturated rings. The van der Waals surface area contributed by atoms with Crippen molar-refractivity contribution in [3.05, 3.63) is 68.9 Å². The van der Waals surface area contributed by atoms with Gasteiger partial charge in [-0.1, -0.05) is 12.1 Å². The minimum Gasteiger partial charge on any atom is -0.459 e. The van der Waals surface area contributed by atoms with E-state index < -0.39 is 0 Å². The van der Waals surface area contributed by atoms with Gasteiger partial charge in [0.1, 0.15) is 0 Å². The van der Waals surface area contributed by atoms with Crippen LogP contribution < -0.4 is 0 Å². The normalized spacial score (nSPS) is 17.7. The smallest absolute Gasteiger partial charge is 0.310 e. The molecule has 0 N–H and O–H groups in total. The Morgan fingerprint density at radius 2 is 2.05 bits per heavy atom. The van der Waals surface area contributed by atoms with Gasteiger partial charge in [-0.3, -0.25) is 4.79 Å². The van der Waals surface area contributed by atoms with Gasteiger partial charge in [-0.15, -0.1) is 22.7 Å². The van der Waals surface area contributed by atoms with Gasteiger partial charge >= 0.3 is 5.91 Å². The molecule has 0 spiro atoms. The van der Waals surface area contributed by atoms with Crippen LogP contribution in [0.25, 0.3) is 0 Å². The van der Waals surface area contributed by atoms with Crippen LogP contribution in [0.1, 0.15) is 32.8 Å². The molecular formula is C16H12N2O2S2. The summed E-state index contributed by atoms with van der Waals surface area (Å²) in [6.45, 7) is 0. The molecule has 1 atom stereocenters. The van der Waals surface area contributed by atoms with E-state index in [0.29, 0.717) is 5.76 Å². The molecule has 4 rings (SSSR count). The number of hydrazone groups is 1. The fourth-order valence-electron chi connectivity index (χ4n) is 2.50. The van der Waals surface area contributed by atoms with Gasteiger partial charge in [-0.2, -0.15) is 5.10 Å². The summed E-state index contributed by atoms with van der Waals surface area (Å²) in [6.07, 6.45) is 2.24. The fraction of sp³-hybridized carbons (Fsp3) is 0.125. The third-order valence-corrected chi connectivity index (χ3v) is 5.42. The molecule has 0 radical (unpaired) electrons. The Labute approximate surface area is 135 Å². The minimum absolute atomic E-state index is 0.0605. The Hall–Kier alpha value is -2.18. The summed E-state index contributed by atoms with van der Waals surface area (Å²) < 4.78 is 5.24. The Kier molecular flexibility index (Phi) is 3.40. The van der Waals surface area contributed by atoms with Crippen LogP contribution in [-0.2, 0) is 0 Å². The molecule has 3 aromatic rings. The molecule has 6 heteroatoms. The van der Waals surface area contributed by atoms with Gasteiger partial charge < -0.3 is 4.42 Å². The van der Waals surface area contributed by atoms with Crippen molar-refractivity contribution in [1.82, 2.24) is 5.01 Å².